The number of aliphatic carboxylic acids is 1. The minimum absolute atomic E-state index is 0.0738. The maximum absolute atomic E-state index is 13.2. The Morgan fingerprint density at radius 3 is 1.98 bits per heavy atom. The van der Waals surface area contributed by atoms with Gasteiger partial charge >= 0.3 is 5.97 Å². The van der Waals surface area contributed by atoms with Gasteiger partial charge in [-0.2, -0.15) is 0 Å². The van der Waals surface area contributed by atoms with Gasteiger partial charge in [0.1, 0.15) is 6.04 Å². The van der Waals surface area contributed by atoms with Gasteiger partial charge in [-0.15, -0.1) is 0 Å². The van der Waals surface area contributed by atoms with Crippen LogP contribution < -0.4 is 10.6 Å². The van der Waals surface area contributed by atoms with Crippen molar-refractivity contribution in [2.24, 2.45) is 5.92 Å². The van der Waals surface area contributed by atoms with Gasteiger partial charge in [-0.3, -0.25) is 29.4 Å². The summed E-state index contributed by atoms with van der Waals surface area (Å²) in [5.41, 5.74) is 1.55. The second kappa shape index (κ2) is 12.8. The summed E-state index contributed by atoms with van der Waals surface area (Å²) in [5, 5.41) is 27.3. The van der Waals surface area contributed by atoms with Gasteiger partial charge in [0, 0.05) is 6.54 Å². The fraction of sp³-hybridized carbons (Fsp3) is 0.355. The lowest BCUT2D eigenvalue weighted by atomic mass is 10.00. The molecule has 0 spiro atoms. The lowest BCUT2D eigenvalue weighted by molar-refractivity contribution is -0.140. The summed E-state index contributed by atoms with van der Waals surface area (Å²) >= 11 is 0. The monoisotopic (exact) mass is 545 g/mol. The summed E-state index contributed by atoms with van der Waals surface area (Å²) in [5.74, 6) is -2.45. The molecule has 0 saturated carbocycles. The largest absolute Gasteiger partial charge is 0.480 e. The Hall–Kier alpha value is -4.08. The molecule has 1 aliphatic heterocycles. The van der Waals surface area contributed by atoms with E-state index in [2.05, 4.69) is 10.6 Å². The normalized spacial score (nSPS) is 15.2. The Kier molecular flexibility index (Phi) is 9.29. The summed E-state index contributed by atoms with van der Waals surface area (Å²) < 4.78 is 0. The third kappa shape index (κ3) is 6.73. The number of amides is 3. The topological polar surface area (TPSA) is 136 Å². The van der Waals surface area contributed by atoms with Crippen LogP contribution in [0.2, 0.25) is 0 Å². The molecule has 9 nitrogen and oxygen atoms in total. The van der Waals surface area contributed by atoms with E-state index in [1.807, 2.05) is 68.4 Å². The number of rotatable bonds is 13. The number of hydrogen-bond donors (Lipinski definition) is 4. The number of nitrogens with zero attached hydrogens (tertiary/aromatic N) is 1. The summed E-state index contributed by atoms with van der Waals surface area (Å²) in [6.45, 7) is 3.46. The third-order valence-electron chi connectivity index (χ3n) is 7.09. The molecule has 210 valence electrons. The highest BCUT2D eigenvalue weighted by Crippen LogP contribution is 2.28. The first-order valence-electron chi connectivity index (χ1n) is 13.5. The highest BCUT2D eigenvalue weighted by Gasteiger charge is 2.37. The highest BCUT2D eigenvalue weighted by atomic mass is 16.4. The maximum atomic E-state index is 13.2. The van der Waals surface area contributed by atoms with Crippen LogP contribution in [0.15, 0.2) is 66.7 Å². The quantitative estimate of drug-likeness (QED) is 0.243. The Morgan fingerprint density at radius 2 is 1.45 bits per heavy atom. The van der Waals surface area contributed by atoms with E-state index in [1.54, 1.807) is 12.1 Å². The second-order valence-corrected chi connectivity index (χ2v) is 10.6. The van der Waals surface area contributed by atoms with E-state index in [0.717, 1.165) is 21.2 Å². The zero-order chi connectivity index (χ0) is 28.8. The minimum Gasteiger partial charge on any atom is -0.480 e. The summed E-state index contributed by atoms with van der Waals surface area (Å²) in [7, 11) is 0. The Balaban J connectivity index is 1.43. The number of benzene rings is 3. The van der Waals surface area contributed by atoms with Crippen LogP contribution in [0.4, 0.5) is 0 Å². The molecule has 4 rings (SSSR count). The van der Waals surface area contributed by atoms with E-state index in [4.69, 9.17) is 0 Å². The van der Waals surface area contributed by atoms with Crippen molar-refractivity contribution in [1.29, 1.82) is 0 Å². The van der Waals surface area contributed by atoms with E-state index >= 15 is 0 Å². The zero-order valence-electron chi connectivity index (χ0n) is 22.7. The molecule has 0 bridgehead atoms. The van der Waals surface area contributed by atoms with Gasteiger partial charge in [-0.25, -0.2) is 0 Å². The zero-order valence-corrected chi connectivity index (χ0v) is 22.7. The Bertz CT molecular complexity index is 1340. The lowest BCUT2D eigenvalue weighted by Crippen LogP contribution is -2.54. The highest BCUT2D eigenvalue weighted by molar-refractivity contribution is 6.23. The molecule has 3 atom stereocenters. The molecule has 0 saturated heterocycles. The number of imide groups is 1. The van der Waals surface area contributed by atoms with Crippen molar-refractivity contribution < 1.29 is 29.4 Å². The number of hydrogen-bond acceptors (Lipinski definition) is 6. The second-order valence-electron chi connectivity index (χ2n) is 10.6. The molecular weight excluding hydrogens is 510 g/mol. The van der Waals surface area contributed by atoms with Gasteiger partial charge in [0.05, 0.1) is 29.8 Å². The number of carboxylic acid groups (broad SMARTS) is 1. The average molecular weight is 546 g/mol. The van der Waals surface area contributed by atoms with Crippen LogP contribution in [0.1, 0.15) is 53.0 Å². The predicted octanol–water partition coefficient (Wildman–Crippen LogP) is 3.00. The van der Waals surface area contributed by atoms with Crippen molar-refractivity contribution in [3.8, 4) is 0 Å². The van der Waals surface area contributed by atoms with Gasteiger partial charge in [0.15, 0.2) is 0 Å². The molecule has 3 amide bonds. The van der Waals surface area contributed by atoms with Gasteiger partial charge in [-0.1, -0.05) is 68.4 Å². The SMILES string of the molecule is CC(C)CC(N[C@H](CCN1C(=O)c2cc3ccccc3cc2C1=O)C(=O)O)C(=O)N[C@H](CO)Cc1ccccc1. The van der Waals surface area contributed by atoms with Gasteiger partial charge in [0.25, 0.3) is 11.8 Å². The molecule has 9 heteroatoms. The fourth-order valence-electron chi connectivity index (χ4n) is 5.04. The lowest BCUT2D eigenvalue weighted by Gasteiger charge is -2.27. The molecule has 3 aromatic carbocycles. The minimum atomic E-state index is -1.19. The number of aliphatic hydroxyl groups is 1. The van der Waals surface area contributed by atoms with Crippen LogP contribution >= 0.6 is 0 Å². The van der Waals surface area contributed by atoms with E-state index in [1.165, 1.54) is 0 Å². The standard InChI is InChI=1S/C31H35N3O6/c1-19(2)14-27(28(36)32-23(18-35)15-20-8-4-3-5-9-20)33-26(31(39)40)12-13-34-29(37)24-16-21-10-6-7-11-22(21)17-25(24)30(34)38/h3-11,16-17,19,23,26-27,33,35H,12-15,18H2,1-2H3,(H,32,36)(H,39,40)/t23-,26+,27?/m0/s1. The van der Waals surface area contributed by atoms with Crippen molar-refractivity contribution in [2.45, 2.75) is 51.2 Å². The van der Waals surface area contributed by atoms with E-state index < -0.39 is 41.8 Å². The number of carbonyl (C=O) groups excluding carboxylic acids is 3. The molecule has 4 N–H and O–H groups in total. The fourth-order valence-corrected chi connectivity index (χ4v) is 5.04. The first-order chi connectivity index (χ1) is 19.2. The number of aliphatic hydroxyl groups excluding tert-OH is 1. The Labute approximate surface area is 233 Å². The van der Waals surface area contributed by atoms with Crippen molar-refractivity contribution in [2.75, 3.05) is 13.2 Å². The Morgan fingerprint density at radius 1 is 0.875 bits per heavy atom. The van der Waals surface area contributed by atoms with Crippen LogP contribution in [0.5, 0.6) is 0 Å². The number of carbonyl (C=O) groups is 4. The molecule has 1 aliphatic rings. The van der Waals surface area contributed by atoms with E-state index in [0.29, 0.717) is 24.0 Å². The predicted molar refractivity (Wildman–Crippen MR) is 151 cm³/mol. The van der Waals surface area contributed by atoms with Crippen LogP contribution in [0, 0.1) is 5.92 Å². The van der Waals surface area contributed by atoms with E-state index in [-0.39, 0.29) is 25.5 Å². The molecule has 0 radical (unpaired) electrons. The number of fused-ring (bicyclic) bond motifs is 2. The summed E-state index contributed by atoms with van der Waals surface area (Å²) in [6.07, 6.45) is 0.711. The van der Waals surface area contributed by atoms with Gasteiger partial charge in [0.2, 0.25) is 5.91 Å². The van der Waals surface area contributed by atoms with Crippen LogP contribution in [-0.4, -0.2) is 70.1 Å². The van der Waals surface area contributed by atoms with Crippen molar-refractivity contribution in [3.05, 3.63) is 83.4 Å². The number of nitrogens with one attached hydrogen (secondary N) is 2. The molecule has 40 heavy (non-hydrogen) atoms. The third-order valence-corrected chi connectivity index (χ3v) is 7.09. The van der Waals surface area contributed by atoms with Crippen molar-refractivity contribution in [3.63, 3.8) is 0 Å². The average Bonchev–Trinajstić information content (AvgIpc) is 3.16. The molecular formula is C31H35N3O6. The molecule has 3 aromatic rings. The van der Waals surface area contributed by atoms with Crippen LogP contribution in [-0.2, 0) is 16.0 Å². The van der Waals surface area contributed by atoms with Gasteiger partial charge in [-0.05, 0) is 53.6 Å². The van der Waals surface area contributed by atoms with Crippen molar-refractivity contribution in [1.82, 2.24) is 15.5 Å². The van der Waals surface area contributed by atoms with Gasteiger partial charge < -0.3 is 15.5 Å². The molecule has 1 unspecified atom stereocenters. The van der Waals surface area contributed by atoms with Crippen molar-refractivity contribution >= 4 is 34.5 Å². The van der Waals surface area contributed by atoms with Crippen LogP contribution in [0.25, 0.3) is 10.8 Å². The van der Waals surface area contributed by atoms with E-state index in [9.17, 15) is 29.4 Å². The first kappa shape index (κ1) is 28.9. The summed E-state index contributed by atoms with van der Waals surface area (Å²) in [6, 6.07) is 17.7. The molecule has 0 aromatic heterocycles. The number of carboxylic acids is 1. The first-order valence-corrected chi connectivity index (χ1v) is 13.5. The molecule has 1 heterocycles. The molecule has 0 fully saturated rings. The summed E-state index contributed by atoms with van der Waals surface area (Å²) in [4.78, 5) is 52.6. The molecule has 0 aliphatic carbocycles. The van der Waals surface area contributed by atoms with Crippen LogP contribution in [0.3, 0.4) is 0 Å². The maximum Gasteiger partial charge on any atom is 0.320 e. The smallest absolute Gasteiger partial charge is 0.320 e.